The van der Waals surface area contributed by atoms with Crippen molar-refractivity contribution >= 4 is 27.6 Å². The minimum atomic E-state index is -0.310. The van der Waals surface area contributed by atoms with Gasteiger partial charge in [0.1, 0.15) is 0 Å². The Morgan fingerprint density at radius 2 is 1.80 bits per heavy atom. The van der Waals surface area contributed by atoms with Crippen molar-refractivity contribution in [2.45, 2.75) is 51.9 Å². The number of nitrogens with two attached hydrogens (primary N) is 1. The van der Waals surface area contributed by atoms with Gasteiger partial charge in [-0.3, -0.25) is 0 Å². The molecule has 3 nitrogen and oxygen atoms in total. The third-order valence-corrected chi connectivity index (χ3v) is 4.11. The third-order valence-electron chi connectivity index (χ3n) is 3.23. The molecule has 0 radical (unpaired) electrons. The van der Waals surface area contributed by atoms with Crippen LogP contribution in [-0.4, -0.2) is 12.6 Å². The number of hydrogen-bond acceptors (Lipinski definition) is 3. The van der Waals surface area contributed by atoms with E-state index < -0.39 is 0 Å². The molecular weight excluding hydrogens is 318 g/mol. The molecule has 0 atom stereocenters. The molecule has 20 heavy (non-hydrogen) atoms. The van der Waals surface area contributed by atoms with Crippen LogP contribution in [0.4, 0.5) is 5.69 Å². The molecule has 1 rings (SSSR count). The van der Waals surface area contributed by atoms with E-state index in [0.717, 1.165) is 12.8 Å². The largest absolute Gasteiger partial charge is 0.462 e. The molecule has 0 aromatic heterocycles. The van der Waals surface area contributed by atoms with Crippen LogP contribution < -0.4 is 5.73 Å². The Bertz CT molecular complexity index is 421. The summed E-state index contributed by atoms with van der Waals surface area (Å²) < 4.78 is 5.88. The van der Waals surface area contributed by atoms with Gasteiger partial charge in [-0.2, -0.15) is 0 Å². The predicted octanol–water partition coefficient (Wildman–Crippen LogP) is 4.94. The maximum Gasteiger partial charge on any atom is 0.339 e. The van der Waals surface area contributed by atoms with Gasteiger partial charge in [-0.15, -0.1) is 0 Å². The Labute approximate surface area is 130 Å². The summed E-state index contributed by atoms with van der Waals surface area (Å²) in [4.78, 5) is 11.9. The summed E-state index contributed by atoms with van der Waals surface area (Å²) in [7, 11) is 0. The van der Waals surface area contributed by atoms with Crippen molar-refractivity contribution in [3.05, 3.63) is 28.2 Å². The first kappa shape index (κ1) is 17.0. The highest BCUT2D eigenvalue weighted by molar-refractivity contribution is 9.10. The molecule has 0 fully saturated rings. The monoisotopic (exact) mass is 341 g/mol. The number of rotatable bonds is 9. The molecule has 1 aromatic carbocycles. The van der Waals surface area contributed by atoms with Crippen molar-refractivity contribution in [1.29, 1.82) is 0 Å². The molecule has 112 valence electrons. The van der Waals surface area contributed by atoms with Crippen LogP contribution in [0.25, 0.3) is 0 Å². The standard InChI is InChI=1S/C16H24BrNO2/c1-2-3-4-5-6-7-8-12-20-16(19)13-10-9-11-14(18)15(13)17/h9-11H,2-8,12,18H2,1H3. The van der Waals surface area contributed by atoms with Crippen molar-refractivity contribution < 1.29 is 9.53 Å². The number of ether oxygens (including phenoxy) is 1. The van der Waals surface area contributed by atoms with E-state index >= 15 is 0 Å². The number of esters is 1. The van der Waals surface area contributed by atoms with Crippen LogP contribution in [0.2, 0.25) is 0 Å². The summed E-state index contributed by atoms with van der Waals surface area (Å²) in [6.07, 6.45) is 8.45. The summed E-state index contributed by atoms with van der Waals surface area (Å²) in [6, 6.07) is 5.22. The maximum atomic E-state index is 11.9. The van der Waals surface area contributed by atoms with Crippen LogP contribution in [-0.2, 0) is 4.74 Å². The van der Waals surface area contributed by atoms with Gasteiger partial charge < -0.3 is 10.5 Å². The first-order valence-corrected chi connectivity index (χ1v) is 8.17. The normalized spacial score (nSPS) is 10.5. The molecule has 0 saturated heterocycles. The van der Waals surface area contributed by atoms with E-state index in [-0.39, 0.29) is 5.97 Å². The molecule has 0 aliphatic carbocycles. The third kappa shape index (κ3) is 5.95. The van der Waals surface area contributed by atoms with Gasteiger partial charge in [0.15, 0.2) is 0 Å². The number of carbonyl (C=O) groups excluding carboxylic acids is 1. The zero-order chi connectivity index (χ0) is 14.8. The highest BCUT2D eigenvalue weighted by Gasteiger charge is 2.12. The molecule has 0 saturated carbocycles. The van der Waals surface area contributed by atoms with Crippen LogP contribution in [0, 0.1) is 0 Å². The zero-order valence-electron chi connectivity index (χ0n) is 12.2. The molecule has 0 aliphatic heterocycles. The number of anilines is 1. The minimum absolute atomic E-state index is 0.310. The van der Waals surface area contributed by atoms with E-state index in [1.54, 1.807) is 18.2 Å². The van der Waals surface area contributed by atoms with Gasteiger partial charge in [0.05, 0.1) is 16.6 Å². The second-order valence-electron chi connectivity index (χ2n) is 4.97. The number of halogens is 1. The summed E-state index contributed by atoms with van der Waals surface area (Å²) in [5.74, 6) is -0.310. The Balaban J connectivity index is 2.19. The molecule has 2 N–H and O–H groups in total. The molecule has 0 aliphatic rings. The van der Waals surface area contributed by atoms with Crippen molar-refractivity contribution in [2.24, 2.45) is 0 Å². The fourth-order valence-electron chi connectivity index (χ4n) is 2.01. The van der Waals surface area contributed by atoms with Crippen LogP contribution in [0.15, 0.2) is 22.7 Å². The molecule has 0 spiro atoms. The topological polar surface area (TPSA) is 52.3 Å². The predicted molar refractivity (Wildman–Crippen MR) is 86.8 cm³/mol. The Hall–Kier alpha value is -1.03. The number of unbranched alkanes of at least 4 members (excludes halogenated alkanes) is 6. The molecular formula is C16H24BrNO2. The lowest BCUT2D eigenvalue weighted by Gasteiger charge is -2.07. The number of benzene rings is 1. The summed E-state index contributed by atoms with van der Waals surface area (Å²) >= 11 is 3.31. The molecule has 0 amide bonds. The van der Waals surface area contributed by atoms with Crippen molar-refractivity contribution in [3.63, 3.8) is 0 Å². The average Bonchev–Trinajstić information content (AvgIpc) is 2.44. The van der Waals surface area contributed by atoms with Crippen LogP contribution in [0.1, 0.15) is 62.2 Å². The highest BCUT2D eigenvalue weighted by Crippen LogP contribution is 2.24. The van der Waals surface area contributed by atoms with E-state index in [1.807, 2.05) is 0 Å². The minimum Gasteiger partial charge on any atom is -0.462 e. The van der Waals surface area contributed by atoms with E-state index in [1.165, 1.54) is 32.1 Å². The fourth-order valence-corrected chi connectivity index (χ4v) is 2.44. The average molecular weight is 342 g/mol. The van der Waals surface area contributed by atoms with E-state index in [0.29, 0.717) is 22.3 Å². The van der Waals surface area contributed by atoms with Crippen molar-refractivity contribution in [3.8, 4) is 0 Å². The maximum absolute atomic E-state index is 11.9. The summed E-state index contributed by atoms with van der Waals surface area (Å²) in [6.45, 7) is 2.70. The number of nitrogen functional groups attached to an aromatic ring is 1. The molecule has 0 heterocycles. The Morgan fingerprint density at radius 1 is 1.15 bits per heavy atom. The van der Waals surface area contributed by atoms with Gasteiger partial charge in [0.25, 0.3) is 0 Å². The van der Waals surface area contributed by atoms with Gasteiger partial charge in [-0.25, -0.2) is 4.79 Å². The van der Waals surface area contributed by atoms with E-state index in [9.17, 15) is 4.79 Å². The number of hydrogen-bond donors (Lipinski definition) is 1. The van der Waals surface area contributed by atoms with Crippen LogP contribution >= 0.6 is 15.9 Å². The van der Waals surface area contributed by atoms with E-state index in [2.05, 4.69) is 22.9 Å². The van der Waals surface area contributed by atoms with Gasteiger partial charge in [0.2, 0.25) is 0 Å². The van der Waals surface area contributed by atoms with Crippen molar-refractivity contribution in [2.75, 3.05) is 12.3 Å². The fraction of sp³-hybridized carbons (Fsp3) is 0.562. The van der Waals surface area contributed by atoms with Gasteiger partial charge >= 0.3 is 5.97 Å². The quantitative estimate of drug-likeness (QED) is 0.393. The molecule has 0 unspecified atom stereocenters. The zero-order valence-corrected chi connectivity index (χ0v) is 13.7. The summed E-state index contributed by atoms with van der Waals surface area (Å²) in [5.41, 5.74) is 6.78. The highest BCUT2D eigenvalue weighted by atomic mass is 79.9. The van der Waals surface area contributed by atoms with E-state index in [4.69, 9.17) is 10.5 Å². The lowest BCUT2D eigenvalue weighted by atomic mass is 10.1. The second kappa shape index (κ2) is 9.81. The van der Waals surface area contributed by atoms with Gasteiger partial charge in [-0.1, -0.05) is 51.5 Å². The first-order chi connectivity index (χ1) is 9.66. The van der Waals surface area contributed by atoms with Gasteiger partial charge in [-0.05, 0) is 34.5 Å². The van der Waals surface area contributed by atoms with Crippen LogP contribution in [0.5, 0.6) is 0 Å². The lowest BCUT2D eigenvalue weighted by Crippen LogP contribution is -2.08. The lowest BCUT2D eigenvalue weighted by molar-refractivity contribution is 0.0496. The van der Waals surface area contributed by atoms with Crippen LogP contribution in [0.3, 0.4) is 0 Å². The molecule has 1 aromatic rings. The van der Waals surface area contributed by atoms with Crippen molar-refractivity contribution in [1.82, 2.24) is 0 Å². The Morgan fingerprint density at radius 3 is 2.50 bits per heavy atom. The second-order valence-corrected chi connectivity index (χ2v) is 5.76. The summed E-state index contributed by atoms with van der Waals surface area (Å²) in [5, 5.41) is 0. The Kier molecular flexibility index (Phi) is 8.35. The SMILES string of the molecule is CCCCCCCCCOC(=O)c1cccc(N)c1Br. The molecule has 4 heteroatoms. The molecule has 0 bridgehead atoms. The first-order valence-electron chi connectivity index (χ1n) is 7.38. The smallest absolute Gasteiger partial charge is 0.339 e. The number of carbonyl (C=O) groups is 1. The van der Waals surface area contributed by atoms with Gasteiger partial charge in [0, 0.05) is 5.69 Å².